The van der Waals surface area contributed by atoms with Gasteiger partial charge in [-0.15, -0.1) is 0 Å². The van der Waals surface area contributed by atoms with Crippen molar-refractivity contribution >= 4 is 17.5 Å². The van der Waals surface area contributed by atoms with Gasteiger partial charge in [0.25, 0.3) is 5.91 Å². The standard InChI is InChI=1S/C15H23N3O2/c1-4-9-16-10-14(19)18-13-7-5-12(6-8-13)15(20)17-11(2)3/h5-8,11,16H,4,9-10H2,1-3H3,(H,17,20)(H,18,19). The first kappa shape index (κ1) is 16.2. The molecular formula is C15H23N3O2. The Bertz CT molecular complexity index is 441. The number of carbonyl (C=O) groups excluding carboxylic acids is 2. The molecule has 0 aliphatic heterocycles. The van der Waals surface area contributed by atoms with Crippen LogP contribution in [0.3, 0.4) is 0 Å². The van der Waals surface area contributed by atoms with Gasteiger partial charge in [-0.05, 0) is 51.1 Å². The van der Waals surface area contributed by atoms with Gasteiger partial charge in [-0.2, -0.15) is 0 Å². The Morgan fingerprint density at radius 2 is 1.80 bits per heavy atom. The number of benzene rings is 1. The van der Waals surface area contributed by atoms with Gasteiger partial charge in [0.15, 0.2) is 0 Å². The molecule has 0 atom stereocenters. The number of hydrogen-bond acceptors (Lipinski definition) is 3. The van der Waals surface area contributed by atoms with Crippen LogP contribution < -0.4 is 16.0 Å². The highest BCUT2D eigenvalue weighted by Crippen LogP contribution is 2.09. The van der Waals surface area contributed by atoms with Crippen molar-refractivity contribution < 1.29 is 9.59 Å². The smallest absolute Gasteiger partial charge is 0.251 e. The Labute approximate surface area is 120 Å². The average molecular weight is 277 g/mol. The number of amides is 2. The maximum absolute atomic E-state index is 11.8. The van der Waals surface area contributed by atoms with Gasteiger partial charge in [0.1, 0.15) is 0 Å². The van der Waals surface area contributed by atoms with E-state index in [0.717, 1.165) is 13.0 Å². The molecule has 2 amide bonds. The van der Waals surface area contributed by atoms with Crippen molar-refractivity contribution in [2.24, 2.45) is 0 Å². The number of carbonyl (C=O) groups is 2. The molecule has 0 bridgehead atoms. The van der Waals surface area contributed by atoms with Crippen LogP contribution in [0.15, 0.2) is 24.3 Å². The molecule has 20 heavy (non-hydrogen) atoms. The normalized spacial score (nSPS) is 10.4. The highest BCUT2D eigenvalue weighted by atomic mass is 16.2. The van der Waals surface area contributed by atoms with Crippen LogP contribution in [0.4, 0.5) is 5.69 Å². The molecule has 0 unspecified atom stereocenters. The lowest BCUT2D eigenvalue weighted by atomic mass is 10.2. The van der Waals surface area contributed by atoms with Crippen LogP contribution in [0.5, 0.6) is 0 Å². The third-order valence-corrected chi connectivity index (χ3v) is 2.56. The van der Waals surface area contributed by atoms with Crippen molar-refractivity contribution in [1.29, 1.82) is 0 Å². The second-order valence-electron chi connectivity index (χ2n) is 4.93. The Morgan fingerprint density at radius 3 is 2.35 bits per heavy atom. The minimum absolute atomic E-state index is 0.0853. The molecule has 0 aliphatic carbocycles. The zero-order valence-corrected chi connectivity index (χ0v) is 12.3. The maximum atomic E-state index is 11.8. The van der Waals surface area contributed by atoms with Crippen molar-refractivity contribution in [2.75, 3.05) is 18.4 Å². The molecule has 1 rings (SSSR count). The van der Waals surface area contributed by atoms with Gasteiger partial charge < -0.3 is 16.0 Å². The summed E-state index contributed by atoms with van der Waals surface area (Å²) in [6, 6.07) is 6.96. The second-order valence-corrected chi connectivity index (χ2v) is 4.93. The molecule has 1 aromatic carbocycles. The molecule has 0 aliphatic rings. The average Bonchev–Trinajstić information content (AvgIpc) is 2.39. The summed E-state index contributed by atoms with van der Waals surface area (Å²) in [4.78, 5) is 23.4. The molecule has 0 fully saturated rings. The molecule has 0 aromatic heterocycles. The van der Waals surface area contributed by atoms with Crippen molar-refractivity contribution in [3.63, 3.8) is 0 Å². The molecule has 5 heteroatoms. The van der Waals surface area contributed by atoms with Crippen LogP contribution in [0.25, 0.3) is 0 Å². The summed E-state index contributed by atoms with van der Waals surface area (Å²) in [5.41, 5.74) is 1.27. The van der Waals surface area contributed by atoms with Gasteiger partial charge >= 0.3 is 0 Å². The number of rotatable bonds is 7. The Morgan fingerprint density at radius 1 is 1.15 bits per heavy atom. The molecule has 0 saturated carbocycles. The van der Waals surface area contributed by atoms with E-state index in [4.69, 9.17) is 0 Å². The molecule has 0 heterocycles. The van der Waals surface area contributed by atoms with Crippen LogP contribution >= 0.6 is 0 Å². The van der Waals surface area contributed by atoms with E-state index < -0.39 is 0 Å². The number of nitrogens with one attached hydrogen (secondary N) is 3. The molecule has 5 nitrogen and oxygen atoms in total. The van der Waals surface area contributed by atoms with Gasteiger partial charge in [-0.3, -0.25) is 9.59 Å². The minimum atomic E-state index is -0.109. The topological polar surface area (TPSA) is 70.2 Å². The summed E-state index contributed by atoms with van der Waals surface area (Å²) in [6.45, 7) is 6.99. The second kappa shape index (κ2) is 8.32. The largest absolute Gasteiger partial charge is 0.350 e. The monoisotopic (exact) mass is 277 g/mol. The first-order valence-corrected chi connectivity index (χ1v) is 6.94. The number of hydrogen-bond donors (Lipinski definition) is 3. The van der Waals surface area contributed by atoms with Crippen LogP contribution in [-0.2, 0) is 4.79 Å². The fraction of sp³-hybridized carbons (Fsp3) is 0.467. The fourth-order valence-corrected chi connectivity index (χ4v) is 1.63. The van der Waals surface area contributed by atoms with Crippen molar-refractivity contribution in [1.82, 2.24) is 10.6 Å². The molecule has 0 spiro atoms. The van der Waals surface area contributed by atoms with Gasteiger partial charge in [0.05, 0.1) is 6.54 Å². The summed E-state index contributed by atoms with van der Waals surface area (Å²) < 4.78 is 0. The summed E-state index contributed by atoms with van der Waals surface area (Å²) in [6.07, 6.45) is 0.993. The van der Waals surface area contributed by atoms with Gasteiger partial charge in [0, 0.05) is 17.3 Å². The van der Waals surface area contributed by atoms with E-state index in [1.54, 1.807) is 24.3 Å². The first-order chi connectivity index (χ1) is 9.52. The quantitative estimate of drug-likeness (QED) is 0.665. The lowest BCUT2D eigenvalue weighted by Crippen LogP contribution is -2.30. The molecule has 0 saturated heterocycles. The summed E-state index contributed by atoms with van der Waals surface area (Å²) in [5, 5.41) is 8.62. The van der Waals surface area contributed by atoms with Crippen molar-refractivity contribution in [3.05, 3.63) is 29.8 Å². The molecule has 3 N–H and O–H groups in total. The molecular weight excluding hydrogens is 254 g/mol. The van der Waals surface area contributed by atoms with Gasteiger partial charge in [-0.25, -0.2) is 0 Å². The Balaban J connectivity index is 2.50. The van der Waals surface area contributed by atoms with E-state index in [1.165, 1.54) is 0 Å². The lowest BCUT2D eigenvalue weighted by molar-refractivity contribution is -0.115. The predicted molar refractivity (Wildman–Crippen MR) is 80.8 cm³/mol. The van der Waals surface area contributed by atoms with E-state index in [0.29, 0.717) is 17.8 Å². The van der Waals surface area contributed by atoms with E-state index in [9.17, 15) is 9.59 Å². The predicted octanol–water partition coefficient (Wildman–Crippen LogP) is 1.76. The molecule has 1 aromatic rings. The van der Waals surface area contributed by atoms with Gasteiger partial charge in [0.2, 0.25) is 5.91 Å². The minimum Gasteiger partial charge on any atom is -0.350 e. The maximum Gasteiger partial charge on any atom is 0.251 e. The highest BCUT2D eigenvalue weighted by molar-refractivity contribution is 5.96. The van der Waals surface area contributed by atoms with E-state index in [-0.39, 0.29) is 17.9 Å². The summed E-state index contributed by atoms with van der Waals surface area (Å²) in [7, 11) is 0. The zero-order valence-electron chi connectivity index (χ0n) is 12.3. The van der Waals surface area contributed by atoms with E-state index in [1.807, 2.05) is 20.8 Å². The molecule has 110 valence electrons. The summed E-state index contributed by atoms with van der Waals surface area (Å²) >= 11 is 0. The van der Waals surface area contributed by atoms with Crippen molar-refractivity contribution in [3.8, 4) is 0 Å². The lowest BCUT2D eigenvalue weighted by Gasteiger charge is -2.09. The van der Waals surface area contributed by atoms with Gasteiger partial charge in [-0.1, -0.05) is 6.92 Å². The first-order valence-electron chi connectivity index (χ1n) is 6.94. The third-order valence-electron chi connectivity index (χ3n) is 2.56. The third kappa shape index (κ3) is 5.84. The SMILES string of the molecule is CCCNCC(=O)Nc1ccc(C(=O)NC(C)C)cc1. The fourth-order valence-electron chi connectivity index (χ4n) is 1.63. The van der Waals surface area contributed by atoms with Crippen LogP contribution in [-0.4, -0.2) is 30.9 Å². The van der Waals surface area contributed by atoms with Crippen molar-refractivity contribution in [2.45, 2.75) is 33.2 Å². The highest BCUT2D eigenvalue weighted by Gasteiger charge is 2.07. The Hall–Kier alpha value is -1.88. The van der Waals surface area contributed by atoms with Crippen LogP contribution in [0.2, 0.25) is 0 Å². The zero-order chi connectivity index (χ0) is 15.0. The number of anilines is 1. The van der Waals surface area contributed by atoms with E-state index >= 15 is 0 Å². The van der Waals surface area contributed by atoms with E-state index in [2.05, 4.69) is 16.0 Å². The summed E-state index contributed by atoms with van der Waals surface area (Å²) in [5.74, 6) is -0.194. The van der Waals surface area contributed by atoms with Crippen LogP contribution in [0.1, 0.15) is 37.6 Å². The van der Waals surface area contributed by atoms with Crippen LogP contribution in [0, 0.1) is 0 Å². The molecule has 0 radical (unpaired) electrons. The Kier molecular flexibility index (Phi) is 6.73.